The smallest absolute Gasteiger partial charge is 0.417 e. The van der Waals surface area contributed by atoms with E-state index in [1.807, 2.05) is 36.4 Å². The number of fused-ring (bicyclic) bond motifs is 2. The van der Waals surface area contributed by atoms with E-state index >= 15 is 0 Å². The van der Waals surface area contributed by atoms with E-state index in [4.69, 9.17) is 27.1 Å². The zero-order valence-corrected chi connectivity index (χ0v) is 36.2. The van der Waals surface area contributed by atoms with Crippen molar-refractivity contribution < 1.29 is 27.1 Å². The summed E-state index contributed by atoms with van der Waals surface area (Å²) in [6.07, 6.45) is 0.539. The number of aryl methyl sites for hydroxylation is 8. The molecular formula is C49H50O6P2. The molecule has 2 aliphatic rings. The Labute approximate surface area is 340 Å². The van der Waals surface area contributed by atoms with Crippen LogP contribution in [0.1, 0.15) is 91.7 Å². The SMILES string of the molecule is Cc1cc(C)c(OP2Oc3c(C)cc(C)cc3C(C)(c3ccccc3)O2)c(Cc2cc(C)cc(C)c2OP2Oc3c(C)cc(C)cc3C(C)(c3ccccc3)O2)c1. The summed E-state index contributed by atoms with van der Waals surface area (Å²) in [5.41, 5.74) is 13.2. The van der Waals surface area contributed by atoms with E-state index in [0.29, 0.717) is 6.42 Å². The summed E-state index contributed by atoms with van der Waals surface area (Å²) < 4.78 is 41.0. The van der Waals surface area contributed by atoms with Gasteiger partial charge >= 0.3 is 17.2 Å². The summed E-state index contributed by atoms with van der Waals surface area (Å²) in [5.74, 6) is 3.11. The largest absolute Gasteiger partial charge is 0.464 e. The van der Waals surface area contributed by atoms with Crippen LogP contribution in [0.3, 0.4) is 0 Å². The van der Waals surface area contributed by atoms with Crippen LogP contribution in [0.15, 0.2) is 109 Å². The molecule has 2 heterocycles. The van der Waals surface area contributed by atoms with Crippen LogP contribution in [-0.4, -0.2) is 0 Å². The standard InChI is InChI=1S/C49H50O6P2/c1-30-21-34(5)44(50-56-52-46-36(7)23-32(3)27-42(46)48(9,54-56)40-17-13-11-14-18-40)38(25-30)29-39-26-31(2)22-35(6)45(39)51-57-53-47-37(8)24-33(4)28-43(47)49(10,55-57)41-19-15-12-16-20-41/h11-28H,29H2,1-10H3. The Kier molecular flexibility index (Phi) is 10.5. The van der Waals surface area contributed by atoms with Gasteiger partial charge in [-0.2, -0.15) is 0 Å². The van der Waals surface area contributed by atoms with Gasteiger partial charge in [0.1, 0.15) is 34.2 Å². The minimum atomic E-state index is -1.85. The van der Waals surface area contributed by atoms with Gasteiger partial charge in [0.15, 0.2) is 0 Å². The monoisotopic (exact) mass is 796 g/mol. The van der Waals surface area contributed by atoms with E-state index in [9.17, 15) is 0 Å². The predicted octanol–water partition coefficient (Wildman–Crippen LogP) is 13.7. The first-order valence-electron chi connectivity index (χ1n) is 19.5. The molecule has 2 aliphatic heterocycles. The highest BCUT2D eigenvalue weighted by Crippen LogP contribution is 2.60. The van der Waals surface area contributed by atoms with Crippen LogP contribution in [0.4, 0.5) is 0 Å². The van der Waals surface area contributed by atoms with Gasteiger partial charge in [-0.1, -0.05) is 119 Å². The molecule has 0 bridgehead atoms. The zero-order valence-electron chi connectivity index (χ0n) is 34.4. The highest BCUT2D eigenvalue weighted by Gasteiger charge is 2.46. The Morgan fingerprint density at radius 2 is 0.807 bits per heavy atom. The third kappa shape index (κ3) is 7.46. The van der Waals surface area contributed by atoms with Gasteiger partial charge in [0.05, 0.1) is 0 Å². The van der Waals surface area contributed by atoms with E-state index in [-0.39, 0.29) is 0 Å². The number of rotatable bonds is 8. The van der Waals surface area contributed by atoms with Crippen LogP contribution in [0.25, 0.3) is 0 Å². The molecule has 8 rings (SSSR count). The normalized spacial score (nSPS) is 21.2. The first-order chi connectivity index (χ1) is 27.2. The minimum Gasteiger partial charge on any atom is -0.417 e. The Morgan fingerprint density at radius 3 is 1.19 bits per heavy atom. The van der Waals surface area contributed by atoms with Crippen molar-refractivity contribution in [1.29, 1.82) is 0 Å². The molecule has 0 fully saturated rings. The fourth-order valence-corrected chi connectivity index (χ4v) is 11.2. The Morgan fingerprint density at radius 1 is 0.456 bits per heavy atom. The van der Waals surface area contributed by atoms with Gasteiger partial charge in [0.25, 0.3) is 0 Å². The summed E-state index contributed by atoms with van der Waals surface area (Å²) in [7, 11) is -3.71. The molecule has 6 nitrogen and oxygen atoms in total. The summed E-state index contributed by atoms with van der Waals surface area (Å²) in [4.78, 5) is 0. The van der Waals surface area contributed by atoms with Crippen LogP contribution >= 0.6 is 17.2 Å². The summed E-state index contributed by atoms with van der Waals surface area (Å²) in [6, 6.07) is 38.0. The lowest BCUT2D eigenvalue weighted by Crippen LogP contribution is -2.31. The average Bonchev–Trinajstić information content (AvgIpc) is 3.16. The number of benzene rings is 6. The maximum atomic E-state index is 6.93. The fourth-order valence-electron chi connectivity index (χ4n) is 8.41. The third-order valence-corrected chi connectivity index (χ3v) is 13.4. The molecule has 0 N–H and O–H groups in total. The van der Waals surface area contributed by atoms with E-state index in [1.165, 1.54) is 0 Å². The first kappa shape index (κ1) is 39.1. The van der Waals surface area contributed by atoms with Crippen LogP contribution in [-0.2, 0) is 26.7 Å². The van der Waals surface area contributed by atoms with Crippen molar-refractivity contribution >= 4 is 17.2 Å². The van der Waals surface area contributed by atoms with Crippen LogP contribution in [0.2, 0.25) is 0 Å². The van der Waals surface area contributed by atoms with E-state index in [1.54, 1.807) is 0 Å². The minimum absolute atomic E-state index is 0.539. The zero-order chi connectivity index (χ0) is 40.2. The van der Waals surface area contributed by atoms with Crippen molar-refractivity contribution in [3.05, 3.63) is 187 Å². The predicted molar refractivity (Wildman–Crippen MR) is 231 cm³/mol. The molecule has 8 heteroatoms. The van der Waals surface area contributed by atoms with Gasteiger partial charge in [-0.3, -0.25) is 9.05 Å². The van der Waals surface area contributed by atoms with Gasteiger partial charge < -0.3 is 18.1 Å². The lowest BCUT2D eigenvalue weighted by Gasteiger charge is -2.39. The second-order valence-corrected chi connectivity index (χ2v) is 18.0. The molecule has 4 unspecified atom stereocenters. The Bertz CT molecular complexity index is 2310. The topological polar surface area (TPSA) is 55.4 Å². The summed E-state index contributed by atoms with van der Waals surface area (Å²) in [6.45, 7) is 21.0. The second-order valence-electron chi connectivity index (χ2n) is 16.0. The van der Waals surface area contributed by atoms with Crippen LogP contribution in [0.5, 0.6) is 23.0 Å². The highest BCUT2D eigenvalue weighted by molar-refractivity contribution is 7.43. The van der Waals surface area contributed by atoms with Crippen molar-refractivity contribution in [2.24, 2.45) is 0 Å². The highest BCUT2D eigenvalue weighted by atomic mass is 31.2. The van der Waals surface area contributed by atoms with Gasteiger partial charge in [0.2, 0.25) is 0 Å². The van der Waals surface area contributed by atoms with E-state index < -0.39 is 28.4 Å². The fraction of sp³-hybridized carbons (Fsp3) is 0.265. The molecule has 0 spiro atoms. The Balaban J connectivity index is 1.15. The molecular weight excluding hydrogens is 746 g/mol. The van der Waals surface area contributed by atoms with Crippen LogP contribution in [0, 0.1) is 55.4 Å². The summed E-state index contributed by atoms with van der Waals surface area (Å²) >= 11 is 0. The molecule has 0 radical (unpaired) electrons. The lowest BCUT2D eigenvalue weighted by molar-refractivity contribution is 0.0962. The Hall–Kier alpha value is -4.70. The molecule has 6 aromatic carbocycles. The second kappa shape index (κ2) is 15.2. The van der Waals surface area contributed by atoms with Gasteiger partial charge in [-0.15, -0.1) is 0 Å². The molecule has 0 saturated heterocycles. The van der Waals surface area contributed by atoms with E-state index in [0.717, 1.165) is 101 Å². The first-order valence-corrected chi connectivity index (χ1v) is 21.7. The van der Waals surface area contributed by atoms with Crippen molar-refractivity contribution in [1.82, 2.24) is 0 Å². The van der Waals surface area contributed by atoms with Gasteiger partial charge in [-0.25, -0.2) is 0 Å². The third-order valence-electron chi connectivity index (χ3n) is 11.1. The maximum absolute atomic E-state index is 6.93. The number of hydrogen-bond acceptors (Lipinski definition) is 6. The van der Waals surface area contributed by atoms with Crippen molar-refractivity contribution in [3.8, 4) is 23.0 Å². The van der Waals surface area contributed by atoms with Gasteiger partial charge in [0, 0.05) is 17.5 Å². The average molecular weight is 797 g/mol. The van der Waals surface area contributed by atoms with Crippen molar-refractivity contribution in [3.63, 3.8) is 0 Å². The van der Waals surface area contributed by atoms with Gasteiger partial charge in [-0.05, 0) is 126 Å². The van der Waals surface area contributed by atoms with Crippen molar-refractivity contribution in [2.75, 3.05) is 0 Å². The number of hydrogen-bond donors (Lipinski definition) is 0. The van der Waals surface area contributed by atoms with Crippen LogP contribution < -0.4 is 18.1 Å². The molecule has 0 aliphatic carbocycles. The molecule has 6 aromatic rings. The molecule has 0 saturated carbocycles. The van der Waals surface area contributed by atoms with E-state index in [2.05, 4.69) is 142 Å². The molecule has 0 amide bonds. The quantitative estimate of drug-likeness (QED) is 0.143. The molecule has 292 valence electrons. The molecule has 4 atom stereocenters. The molecule has 0 aromatic heterocycles. The maximum Gasteiger partial charge on any atom is 0.464 e. The van der Waals surface area contributed by atoms with Crippen molar-refractivity contribution in [2.45, 2.75) is 86.9 Å². The lowest BCUT2D eigenvalue weighted by atomic mass is 9.85. The molecule has 57 heavy (non-hydrogen) atoms. The summed E-state index contributed by atoms with van der Waals surface area (Å²) in [5, 5.41) is 0.